The Labute approximate surface area is 127 Å². The van der Waals surface area contributed by atoms with Gasteiger partial charge in [0.1, 0.15) is 17.2 Å². The number of nitrogens with zero attached hydrogens (tertiary/aromatic N) is 3. The van der Waals surface area contributed by atoms with E-state index in [0.717, 1.165) is 4.83 Å². The average molecular weight is 294 g/mol. The van der Waals surface area contributed by atoms with Crippen molar-refractivity contribution in [1.82, 2.24) is 9.55 Å². The molecule has 0 saturated heterocycles. The number of hydrogen-bond acceptors (Lipinski definition) is 2. The lowest BCUT2D eigenvalue weighted by molar-refractivity contribution is -0.659. The van der Waals surface area contributed by atoms with E-state index in [-0.39, 0.29) is 0 Å². The predicted molar refractivity (Wildman–Crippen MR) is 87.4 cm³/mol. The van der Waals surface area contributed by atoms with E-state index in [2.05, 4.69) is 65.7 Å². The van der Waals surface area contributed by atoms with Gasteiger partial charge in [-0.05, 0) is 24.6 Å². The molecule has 4 aromatic rings. The van der Waals surface area contributed by atoms with Crippen LogP contribution in [0, 0.1) is 6.92 Å². The Morgan fingerprint density at radius 2 is 2.05 bits per heavy atom. The van der Waals surface area contributed by atoms with Crippen LogP contribution in [-0.2, 0) is 14.1 Å². The average Bonchev–Trinajstić information content (AvgIpc) is 3.01. The first kappa shape index (κ1) is 12.5. The molecule has 0 unspecified atom stereocenters. The van der Waals surface area contributed by atoms with E-state index in [0.29, 0.717) is 0 Å². The number of aryl methyl sites for hydroxylation is 3. The fraction of sp³-hybridized carbons (Fsp3) is 0.176. The van der Waals surface area contributed by atoms with Gasteiger partial charge in [-0.2, -0.15) is 0 Å². The second kappa shape index (κ2) is 4.40. The number of aromatic nitrogens is 3. The van der Waals surface area contributed by atoms with Crippen LogP contribution in [0.3, 0.4) is 0 Å². The summed E-state index contributed by atoms with van der Waals surface area (Å²) in [6.07, 6.45) is 6.06. The first-order valence-corrected chi connectivity index (χ1v) is 7.76. The highest BCUT2D eigenvalue weighted by molar-refractivity contribution is 7.26. The monoisotopic (exact) mass is 294 g/mol. The molecule has 0 saturated carbocycles. The molecule has 0 N–H and O–H groups in total. The van der Waals surface area contributed by atoms with Crippen molar-refractivity contribution in [3.8, 4) is 11.4 Å². The zero-order chi connectivity index (χ0) is 14.6. The highest BCUT2D eigenvalue weighted by Gasteiger charge is 2.21. The molecule has 3 heterocycles. The molecule has 0 fully saturated rings. The molecule has 0 aliphatic rings. The molecule has 0 radical (unpaired) electrons. The molecule has 3 aromatic heterocycles. The van der Waals surface area contributed by atoms with E-state index in [1.54, 1.807) is 11.3 Å². The lowest BCUT2D eigenvalue weighted by Gasteiger charge is -2.05. The molecule has 21 heavy (non-hydrogen) atoms. The zero-order valence-electron chi connectivity index (χ0n) is 12.3. The number of thiophene rings is 1. The van der Waals surface area contributed by atoms with Gasteiger partial charge in [0.25, 0.3) is 5.82 Å². The maximum atomic E-state index is 4.52. The third-order valence-corrected chi connectivity index (χ3v) is 5.18. The second-order valence-corrected chi connectivity index (χ2v) is 6.43. The van der Waals surface area contributed by atoms with Gasteiger partial charge >= 0.3 is 0 Å². The lowest BCUT2D eigenvalue weighted by Crippen LogP contribution is -2.29. The van der Waals surface area contributed by atoms with Gasteiger partial charge in [-0.25, -0.2) is 14.1 Å². The number of pyridine rings is 1. The highest BCUT2D eigenvalue weighted by Crippen LogP contribution is 2.39. The van der Waals surface area contributed by atoms with Crippen LogP contribution < -0.4 is 4.57 Å². The van der Waals surface area contributed by atoms with Gasteiger partial charge in [0.2, 0.25) is 0 Å². The Morgan fingerprint density at radius 1 is 1.19 bits per heavy atom. The molecule has 0 bridgehead atoms. The standard InChI is InChI=1S/C17H16N3S/c1-11-6-7-12-13-5-4-8-18-16(13)21-15(12)14(11)17-19(2)9-10-20(17)3/h4-10H,1-3H3/q+1. The van der Waals surface area contributed by atoms with Gasteiger partial charge in [0.05, 0.1) is 24.4 Å². The number of imidazole rings is 1. The van der Waals surface area contributed by atoms with E-state index >= 15 is 0 Å². The van der Waals surface area contributed by atoms with Gasteiger partial charge in [-0.1, -0.05) is 12.1 Å². The van der Waals surface area contributed by atoms with Gasteiger partial charge in [-0.15, -0.1) is 11.3 Å². The Kier molecular flexibility index (Phi) is 2.62. The summed E-state index contributed by atoms with van der Waals surface area (Å²) in [7, 11) is 4.19. The summed E-state index contributed by atoms with van der Waals surface area (Å²) in [5.74, 6) is 1.23. The Morgan fingerprint density at radius 3 is 2.81 bits per heavy atom. The highest BCUT2D eigenvalue weighted by atomic mass is 32.1. The number of benzene rings is 1. The third kappa shape index (κ3) is 1.72. The minimum atomic E-state index is 1.11. The summed E-state index contributed by atoms with van der Waals surface area (Å²) in [4.78, 5) is 5.63. The zero-order valence-corrected chi connectivity index (χ0v) is 13.1. The Balaban J connectivity index is 2.20. The summed E-state index contributed by atoms with van der Waals surface area (Å²) in [5, 5.41) is 2.54. The summed E-state index contributed by atoms with van der Waals surface area (Å²) >= 11 is 1.78. The van der Waals surface area contributed by atoms with Gasteiger partial charge in [-0.3, -0.25) is 0 Å². The molecule has 4 heteroatoms. The maximum absolute atomic E-state index is 4.52. The summed E-state index contributed by atoms with van der Waals surface area (Å²) in [6, 6.07) is 8.60. The van der Waals surface area contributed by atoms with Crippen molar-refractivity contribution in [2.45, 2.75) is 6.92 Å². The molecule has 0 aliphatic heterocycles. The second-order valence-electron chi connectivity index (χ2n) is 5.44. The summed E-state index contributed by atoms with van der Waals surface area (Å²) in [5.41, 5.74) is 2.61. The number of fused-ring (bicyclic) bond motifs is 3. The molecule has 1 aromatic carbocycles. The van der Waals surface area contributed by atoms with Crippen molar-refractivity contribution in [2.75, 3.05) is 0 Å². The Bertz CT molecular complexity index is 959. The van der Waals surface area contributed by atoms with Crippen molar-refractivity contribution < 1.29 is 4.57 Å². The SMILES string of the molecule is Cc1ccc2c(sc3ncccc32)c1-c1n(C)cc[n+]1C. The quantitative estimate of drug-likeness (QED) is 0.492. The first-order valence-electron chi connectivity index (χ1n) is 6.95. The number of hydrogen-bond donors (Lipinski definition) is 0. The fourth-order valence-corrected chi connectivity index (χ4v) is 4.23. The van der Waals surface area contributed by atoms with Crippen LogP contribution in [0.2, 0.25) is 0 Å². The van der Waals surface area contributed by atoms with Crippen molar-refractivity contribution in [3.63, 3.8) is 0 Å². The molecular formula is C17H16N3S+. The van der Waals surface area contributed by atoms with Crippen LogP contribution in [0.15, 0.2) is 42.9 Å². The molecule has 104 valence electrons. The predicted octanol–water partition coefficient (Wildman–Crippen LogP) is 3.59. The summed E-state index contributed by atoms with van der Waals surface area (Å²) in [6.45, 7) is 2.18. The van der Waals surface area contributed by atoms with Crippen molar-refractivity contribution in [1.29, 1.82) is 0 Å². The molecule has 0 atom stereocenters. The Hall–Kier alpha value is -2.20. The lowest BCUT2D eigenvalue weighted by atomic mass is 10.0. The molecule has 0 spiro atoms. The number of rotatable bonds is 1. The smallest absolute Gasteiger partial charge is 0.245 e. The van der Waals surface area contributed by atoms with Crippen LogP contribution in [0.5, 0.6) is 0 Å². The van der Waals surface area contributed by atoms with Gasteiger partial charge in [0, 0.05) is 17.0 Å². The molecule has 4 rings (SSSR count). The van der Waals surface area contributed by atoms with E-state index in [9.17, 15) is 0 Å². The van der Waals surface area contributed by atoms with Crippen LogP contribution in [0.25, 0.3) is 31.7 Å². The van der Waals surface area contributed by atoms with Crippen molar-refractivity contribution in [2.24, 2.45) is 14.1 Å². The minimum Gasteiger partial charge on any atom is -0.245 e. The third-order valence-electron chi connectivity index (χ3n) is 4.03. The van der Waals surface area contributed by atoms with Crippen molar-refractivity contribution in [3.05, 3.63) is 48.4 Å². The van der Waals surface area contributed by atoms with E-state index < -0.39 is 0 Å². The largest absolute Gasteiger partial charge is 0.290 e. The first-order chi connectivity index (χ1) is 10.2. The molecule has 0 amide bonds. The van der Waals surface area contributed by atoms with Crippen LogP contribution in [0.4, 0.5) is 0 Å². The molecular weight excluding hydrogens is 278 g/mol. The topological polar surface area (TPSA) is 21.7 Å². The fourth-order valence-electron chi connectivity index (χ4n) is 2.99. The summed E-state index contributed by atoms with van der Waals surface area (Å²) < 4.78 is 5.68. The molecule has 3 nitrogen and oxygen atoms in total. The van der Waals surface area contributed by atoms with Crippen molar-refractivity contribution >= 4 is 31.6 Å². The van der Waals surface area contributed by atoms with E-state index in [1.807, 2.05) is 12.3 Å². The molecule has 0 aliphatic carbocycles. The van der Waals surface area contributed by atoms with Crippen LogP contribution >= 0.6 is 11.3 Å². The van der Waals surface area contributed by atoms with Gasteiger partial charge in [0.15, 0.2) is 0 Å². The maximum Gasteiger partial charge on any atom is 0.290 e. The van der Waals surface area contributed by atoms with E-state index in [4.69, 9.17) is 0 Å². The van der Waals surface area contributed by atoms with Gasteiger partial charge < -0.3 is 0 Å². The van der Waals surface area contributed by atoms with E-state index in [1.165, 1.54) is 32.4 Å². The normalized spacial score (nSPS) is 11.6. The minimum absolute atomic E-state index is 1.11. The van der Waals surface area contributed by atoms with Crippen LogP contribution in [-0.4, -0.2) is 9.55 Å². The van der Waals surface area contributed by atoms with Crippen LogP contribution in [0.1, 0.15) is 5.56 Å².